The van der Waals surface area contributed by atoms with E-state index in [0.717, 1.165) is 41.0 Å². The largest absolute Gasteiger partial charge is 0.394 e. The molecule has 3 rings (SSSR count). The Bertz CT molecular complexity index is 947. The van der Waals surface area contributed by atoms with Gasteiger partial charge in [-0.25, -0.2) is 0 Å². The number of nitrogens with zero attached hydrogens (tertiary/aromatic N) is 3. The Kier molecular flexibility index (Phi) is 6.21. The highest BCUT2D eigenvalue weighted by atomic mass is 16.3. The summed E-state index contributed by atoms with van der Waals surface area (Å²) < 4.78 is 1.94. The first-order chi connectivity index (χ1) is 13.5. The van der Waals surface area contributed by atoms with Crippen LogP contribution in [-0.2, 0) is 6.54 Å². The molecule has 0 aliphatic heterocycles. The van der Waals surface area contributed by atoms with Crippen LogP contribution in [0.15, 0.2) is 48.8 Å². The Morgan fingerprint density at radius 2 is 2.00 bits per heavy atom. The average Bonchev–Trinajstić information content (AvgIpc) is 3.16. The molecule has 2 heterocycles. The summed E-state index contributed by atoms with van der Waals surface area (Å²) in [5, 5.41) is 16.5. The Morgan fingerprint density at radius 1 is 1.21 bits per heavy atom. The van der Waals surface area contributed by atoms with Crippen molar-refractivity contribution >= 4 is 5.91 Å². The molecule has 28 heavy (non-hydrogen) atoms. The van der Waals surface area contributed by atoms with E-state index in [2.05, 4.69) is 22.3 Å². The van der Waals surface area contributed by atoms with E-state index in [0.29, 0.717) is 5.56 Å². The lowest BCUT2D eigenvalue weighted by molar-refractivity contribution is 0.0922. The first-order valence-corrected chi connectivity index (χ1v) is 9.53. The number of hydrogen-bond acceptors (Lipinski definition) is 4. The van der Waals surface area contributed by atoms with Crippen molar-refractivity contribution in [3.63, 3.8) is 0 Å². The third-order valence-electron chi connectivity index (χ3n) is 4.50. The van der Waals surface area contributed by atoms with Crippen molar-refractivity contribution in [2.75, 3.05) is 6.61 Å². The summed E-state index contributed by atoms with van der Waals surface area (Å²) in [4.78, 5) is 17.2. The fourth-order valence-electron chi connectivity index (χ4n) is 3.01. The van der Waals surface area contributed by atoms with Gasteiger partial charge in [0, 0.05) is 41.7 Å². The molecule has 6 nitrogen and oxygen atoms in total. The van der Waals surface area contributed by atoms with Crippen molar-refractivity contribution in [1.29, 1.82) is 0 Å². The van der Waals surface area contributed by atoms with Gasteiger partial charge in [-0.05, 0) is 56.2 Å². The summed E-state index contributed by atoms with van der Waals surface area (Å²) in [6.07, 6.45) is 4.56. The number of amides is 1. The molecule has 2 aromatic heterocycles. The van der Waals surface area contributed by atoms with Crippen molar-refractivity contribution in [1.82, 2.24) is 20.1 Å². The highest BCUT2D eigenvalue weighted by molar-refractivity contribution is 5.97. The summed E-state index contributed by atoms with van der Waals surface area (Å²) in [6.45, 7) is 6.55. The SMILES string of the molecule is CCCn1nccc1-c1cc(C(=O)N[C@@H](C)CO)cc(-c2ccc(C)cn2)c1. The van der Waals surface area contributed by atoms with E-state index in [1.807, 2.05) is 54.2 Å². The summed E-state index contributed by atoms with van der Waals surface area (Å²) in [7, 11) is 0. The normalized spacial score (nSPS) is 12.0. The van der Waals surface area contributed by atoms with E-state index in [9.17, 15) is 9.90 Å². The molecule has 1 amide bonds. The molecule has 0 saturated heterocycles. The number of carbonyl (C=O) groups is 1. The standard InChI is InChI=1S/C22H26N4O2/c1-4-9-26-21(7-8-24-26)18-10-17(20-6-5-15(2)13-23-20)11-19(12-18)22(28)25-16(3)14-27/h5-8,10-13,16,27H,4,9,14H2,1-3H3,(H,25,28)/t16-/m0/s1. The Labute approximate surface area is 165 Å². The van der Waals surface area contributed by atoms with E-state index in [1.165, 1.54) is 0 Å². The van der Waals surface area contributed by atoms with Gasteiger partial charge < -0.3 is 10.4 Å². The third kappa shape index (κ3) is 4.46. The maximum atomic E-state index is 12.7. The van der Waals surface area contributed by atoms with Crippen LogP contribution in [-0.4, -0.2) is 38.4 Å². The quantitative estimate of drug-likeness (QED) is 0.660. The zero-order valence-electron chi connectivity index (χ0n) is 16.5. The van der Waals surface area contributed by atoms with Crippen LogP contribution < -0.4 is 5.32 Å². The molecule has 0 unspecified atom stereocenters. The lowest BCUT2D eigenvalue weighted by atomic mass is 10.00. The molecule has 0 spiro atoms. The first-order valence-electron chi connectivity index (χ1n) is 9.53. The van der Waals surface area contributed by atoms with E-state index in [4.69, 9.17) is 0 Å². The lowest BCUT2D eigenvalue weighted by Crippen LogP contribution is -2.35. The van der Waals surface area contributed by atoms with Crippen molar-refractivity contribution in [2.24, 2.45) is 0 Å². The number of nitrogens with one attached hydrogen (secondary N) is 1. The molecule has 3 aromatic rings. The van der Waals surface area contributed by atoms with E-state index in [1.54, 1.807) is 13.1 Å². The zero-order valence-corrected chi connectivity index (χ0v) is 16.5. The van der Waals surface area contributed by atoms with Gasteiger partial charge in [-0.1, -0.05) is 13.0 Å². The highest BCUT2D eigenvalue weighted by Gasteiger charge is 2.15. The fourth-order valence-corrected chi connectivity index (χ4v) is 3.01. The number of benzene rings is 1. The maximum absolute atomic E-state index is 12.7. The summed E-state index contributed by atoms with van der Waals surface area (Å²) in [5.41, 5.74) is 5.14. The Balaban J connectivity index is 2.09. The molecular weight excluding hydrogens is 352 g/mol. The molecule has 0 aliphatic carbocycles. The van der Waals surface area contributed by atoms with Crippen LogP contribution in [0.4, 0.5) is 0 Å². The molecule has 2 N–H and O–H groups in total. The summed E-state index contributed by atoms with van der Waals surface area (Å²) in [5.74, 6) is -0.224. The minimum atomic E-state index is -0.317. The van der Waals surface area contributed by atoms with Crippen molar-refractivity contribution in [2.45, 2.75) is 39.8 Å². The summed E-state index contributed by atoms with van der Waals surface area (Å²) in [6, 6.07) is 11.3. The molecular formula is C22H26N4O2. The number of aromatic nitrogens is 3. The maximum Gasteiger partial charge on any atom is 0.251 e. The number of aliphatic hydroxyl groups is 1. The molecule has 1 aromatic carbocycles. The molecule has 1 atom stereocenters. The fraction of sp³-hybridized carbons (Fsp3) is 0.318. The predicted molar refractivity (Wildman–Crippen MR) is 110 cm³/mol. The topological polar surface area (TPSA) is 80.0 Å². The minimum absolute atomic E-state index is 0.110. The second-order valence-electron chi connectivity index (χ2n) is 7.02. The molecule has 0 aliphatic rings. The van der Waals surface area contributed by atoms with Crippen LogP contribution in [0, 0.1) is 6.92 Å². The second kappa shape index (κ2) is 8.80. The number of aryl methyl sites for hydroxylation is 2. The highest BCUT2D eigenvalue weighted by Crippen LogP contribution is 2.28. The van der Waals surface area contributed by atoms with Gasteiger partial charge in [-0.3, -0.25) is 14.5 Å². The van der Waals surface area contributed by atoms with Gasteiger partial charge in [0.15, 0.2) is 0 Å². The van der Waals surface area contributed by atoms with Gasteiger partial charge in [0.25, 0.3) is 5.91 Å². The van der Waals surface area contributed by atoms with Gasteiger partial charge in [0.05, 0.1) is 18.0 Å². The average molecular weight is 378 g/mol. The van der Waals surface area contributed by atoms with Crippen molar-refractivity contribution < 1.29 is 9.90 Å². The van der Waals surface area contributed by atoms with E-state index in [-0.39, 0.29) is 18.6 Å². The first kappa shape index (κ1) is 19.8. The van der Waals surface area contributed by atoms with Crippen LogP contribution in [0.1, 0.15) is 36.2 Å². The van der Waals surface area contributed by atoms with Crippen LogP contribution in [0.25, 0.3) is 22.5 Å². The second-order valence-corrected chi connectivity index (χ2v) is 7.02. The number of aliphatic hydroxyl groups excluding tert-OH is 1. The van der Waals surface area contributed by atoms with Gasteiger partial charge in [0.2, 0.25) is 0 Å². The zero-order chi connectivity index (χ0) is 20.1. The van der Waals surface area contributed by atoms with E-state index < -0.39 is 0 Å². The molecule has 6 heteroatoms. The number of hydrogen-bond donors (Lipinski definition) is 2. The molecule has 146 valence electrons. The van der Waals surface area contributed by atoms with Gasteiger partial charge in [-0.2, -0.15) is 5.10 Å². The number of pyridine rings is 1. The Morgan fingerprint density at radius 3 is 2.68 bits per heavy atom. The van der Waals surface area contributed by atoms with Gasteiger partial charge >= 0.3 is 0 Å². The van der Waals surface area contributed by atoms with Crippen LogP contribution in [0.2, 0.25) is 0 Å². The van der Waals surface area contributed by atoms with Gasteiger partial charge in [-0.15, -0.1) is 0 Å². The summed E-state index contributed by atoms with van der Waals surface area (Å²) >= 11 is 0. The minimum Gasteiger partial charge on any atom is -0.394 e. The smallest absolute Gasteiger partial charge is 0.251 e. The van der Waals surface area contributed by atoms with Crippen molar-refractivity contribution in [3.8, 4) is 22.5 Å². The third-order valence-corrected chi connectivity index (χ3v) is 4.50. The monoisotopic (exact) mass is 378 g/mol. The Hall–Kier alpha value is -2.99. The molecule has 0 radical (unpaired) electrons. The van der Waals surface area contributed by atoms with Crippen LogP contribution >= 0.6 is 0 Å². The molecule has 0 fully saturated rings. The number of carbonyl (C=O) groups excluding carboxylic acids is 1. The van der Waals surface area contributed by atoms with Gasteiger partial charge in [0.1, 0.15) is 0 Å². The molecule has 0 bridgehead atoms. The van der Waals surface area contributed by atoms with Crippen molar-refractivity contribution in [3.05, 3.63) is 59.9 Å². The predicted octanol–water partition coefficient (Wildman–Crippen LogP) is 3.44. The van der Waals surface area contributed by atoms with Crippen LogP contribution in [0.3, 0.4) is 0 Å². The molecule has 0 saturated carbocycles. The number of rotatable bonds is 7. The lowest BCUT2D eigenvalue weighted by Gasteiger charge is -2.14. The van der Waals surface area contributed by atoms with E-state index >= 15 is 0 Å². The van der Waals surface area contributed by atoms with Crippen LogP contribution in [0.5, 0.6) is 0 Å².